The summed E-state index contributed by atoms with van der Waals surface area (Å²) in [4.78, 5) is 4.27. The molecular formula is C14H27N3O. The summed E-state index contributed by atoms with van der Waals surface area (Å²) in [5.41, 5.74) is 0.444. The molecule has 0 atom stereocenters. The lowest BCUT2D eigenvalue weighted by molar-refractivity contribution is 0.0268. The van der Waals surface area contributed by atoms with E-state index in [-0.39, 0.29) is 5.60 Å². The Morgan fingerprint density at radius 3 is 2.44 bits per heavy atom. The maximum atomic E-state index is 5.39. The molecule has 104 valence electrons. The molecule has 0 aromatic carbocycles. The number of hydrogen-bond acceptors (Lipinski definition) is 2. The molecule has 0 aliphatic heterocycles. The summed E-state index contributed by atoms with van der Waals surface area (Å²) in [6, 6.07) is 0. The number of rotatable bonds is 6. The first kappa shape index (κ1) is 13.7. The number of guanidine groups is 1. The first-order chi connectivity index (χ1) is 8.51. The van der Waals surface area contributed by atoms with Crippen LogP contribution in [0, 0.1) is 11.3 Å². The van der Waals surface area contributed by atoms with Gasteiger partial charge in [-0.2, -0.15) is 0 Å². The van der Waals surface area contributed by atoms with Crippen molar-refractivity contribution < 1.29 is 4.74 Å². The molecule has 2 fully saturated rings. The molecule has 2 aliphatic carbocycles. The van der Waals surface area contributed by atoms with Crippen LogP contribution >= 0.6 is 0 Å². The summed E-state index contributed by atoms with van der Waals surface area (Å²) >= 11 is 0. The van der Waals surface area contributed by atoms with Crippen LogP contribution in [0.15, 0.2) is 4.99 Å². The Hall–Kier alpha value is -0.770. The van der Waals surface area contributed by atoms with Crippen LogP contribution in [0.1, 0.15) is 39.5 Å². The third-order valence-electron chi connectivity index (χ3n) is 4.40. The van der Waals surface area contributed by atoms with Crippen molar-refractivity contribution in [1.82, 2.24) is 10.6 Å². The normalized spacial score (nSPS) is 22.8. The Labute approximate surface area is 111 Å². The summed E-state index contributed by atoms with van der Waals surface area (Å²) in [7, 11) is 3.57. The molecule has 2 saturated carbocycles. The largest absolute Gasteiger partial charge is 0.377 e. The monoisotopic (exact) mass is 253 g/mol. The number of nitrogens with zero attached hydrogens (tertiary/aromatic N) is 1. The molecule has 0 heterocycles. The maximum absolute atomic E-state index is 5.39. The van der Waals surface area contributed by atoms with Crippen molar-refractivity contribution in [1.29, 1.82) is 0 Å². The fraction of sp³-hybridized carbons (Fsp3) is 0.929. The molecule has 0 radical (unpaired) electrons. The van der Waals surface area contributed by atoms with Crippen LogP contribution in [0.3, 0.4) is 0 Å². The van der Waals surface area contributed by atoms with Gasteiger partial charge in [0.25, 0.3) is 0 Å². The minimum atomic E-state index is -0.161. The molecule has 0 aromatic rings. The van der Waals surface area contributed by atoms with E-state index in [1.807, 2.05) is 7.05 Å². The van der Waals surface area contributed by atoms with Crippen LogP contribution in [-0.2, 0) is 4.74 Å². The predicted octanol–water partition coefficient (Wildman–Crippen LogP) is 1.77. The van der Waals surface area contributed by atoms with Crippen LogP contribution in [0.4, 0.5) is 0 Å². The first-order valence-electron chi connectivity index (χ1n) is 7.01. The fourth-order valence-corrected chi connectivity index (χ4v) is 2.43. The molecule has 0 spiro atoms. The van der Waals surface area contributed by atoms with Gasteiger partial charge in [0.1, 0.15) is 0 Å². The maximum Gasteiger partial charge on any atom is 0.191 e. The predicted molar refractivity (Wildman–Crippen MR) is 74.8 cm³/mol. The van der Waals surface area contributed by atoms with E-state index in [1.165, 1.54) is 25.7 Å². The molecule has 2 rings (SSSR count). The van der Waals surface area contributed by atoms with Crippen LogP contribution < -0.4 is 10.6 Å². The zero-order valence-corrected chi connectivity index (χ0v) is 12.2. The van der Waals surface area contributed by atoms with Gasteiger partial charge in [-0.05, 0) is 50.9 Å². The standard InChI is InChI=1S/C14H27N3O/c1-13(2,18-4)9-16-12(15-3)17-10-14(7-8-14)11-5-6-11/h11H,5-10H2,1-4H3,(H2,15,16,17). The molecule has 0 amide bonds. The van der Waals surface area contributed by atoms with Crippen LogP contribution in [0.2, 0.25) is 0 Å². The number of aliphatic imine (C=N–C) groups is 1. The summed E-state index contributed by atoms with van der Waals surface area (Å²) in [5.74, 6) is 1.88. The molecule has 4 heteroatoms. The van der Waals surface area contributed by atoms with Gasteiger partial charge in [0.15, 0.2) is 5.96 Å². The highest BCUT2D eigenvalue weighted by Gasteiger charge is 2.53. The Bertz CT molecular complexity index is 317. The van der Waals surface area contributed by atoms with E-state index >= 15 is 0 Å². The summed E-state index contributed by atoms with van der Waals surface area (Å²) < 4.78 is 5.39. The van der Waals surface area contributed by atoms with Crippen LogP contribution in [-0.4, -0.2) is 38.8 Å². The molecular weight excluding hydrogens is 226 g/mol. The van der Waals surface area contributed by atoms with Crippen molar-refractivity contribution in [2.75, 3.05) is 27.2 Å². The third-order valence-corrected chi connectivity index (χ3v) is 4.40. The van der Waals surface area contributed by atoms with Crippen molar-refractivity contribution >= 4 is 5.96 Å². The molecule has 4 nitrogen and oxygen atoms in total. The van der Waals surface area contributed by atoms with Gasteiger partial charge in [0.2, 0.25) is 0 Å². The van der Waals surface area contributed by atoms with E-state index in [4.69, 9.17) is 4.74 Å². The SMILES string of the molecule is CN=C(NCC(C)(C)OC)NCC1(C2CC2)CC1. The van der Waals surface area contributed by atoms with Crippen molar-refractivity contribution in [3.05, 3.63) is 0 Å². The van der Waals surface area contributed by atoms with E-state index < -0.39 is 0 Å². The minimum absolute atomic E-state index is 0.161. The number of ether oxygens (including phenoxy) is 1. The Balaban J connectivity index is 1.73. The summed E-state index contributed by atoms with van der Waals surface area (Å²) in [5, 5.41) is 6.81. The van der Waals surface area contributed by atoms with Gasteiger partial charge >= 0.3 is 0 Å². The van der Waals surface area contributed by atoms with E-state index in [1.54, 1.807) is 7.11 Å². The van der Waals surface area contributed by atoms with Crippen molar-refractivity contribution in [2.45, 2.75) is 45.1 Å². The van der Waals surface area contributed by atoms with Gasteiger partial charge in [-0.3, -0.25) is 4.99 Å². The number of nitrogens with one attached hydrogen (secondary N) is 2. The molecule has 2 aliphatic rings. The van der Waals surface area contributed by atoms with E-state index in [0.29, 0.717) is 5.41 Å². The van der Waals surface area contributed by atoms with E-state index in [2.05, 4.69) is 29.5 Å². The van der Waals surface area contributed by atoms with Gasteiger partial charge < -0.3 is 15.4 Å². The van der Waals surface area contributed by atoms with Gasteiger partial charge in [0.05, 0.1) is 5.60 Å². The third kappa shape index (κ3) is 3.37. The lowest BCUT2D eigenvalue weighted by Gasteiger charge is -2.25. The van der Waals surface area contributed by atoms with E-state index in [0.717, 1.165) is 25.0 Å². The second-order valence-corrected chi connectivity index (χ2v) is 6.38. The average Bonchev–Trinajstić information content (AvgIpc) is 3.21. The van der Waals surface area contributed by atoms with Gasteiger partial charge in [0, 0.05) is 27.2 Å². The number of methoxy groups -OCH3 is 1. The highest BCUT2D eigenvalue weighted by Crippen LogP contribution is 2.60. The molecule has 0 unspecified atom stereocenters. The summed E-state index contributed by atoms with van der Waals surface area (Å²) in [6.07, 6.45) is 5.66. The lowest BCUT2D eigenvalue weighted by atomic mass is 10.0. The molecule has 2 N–H and O–H groups in total. The van der Waals surface area contributed by atoms with Gasteiger partial charge in [-0.15, -0.1) is 0 Å². The highest BCUT2D eigenvalue weighted by atomic mass is 16.5. The van der Waals surface area contributed by atoms with Crippen LogP contribution in [0.25, 0.3) is 0 Å². The van der Waals surface area contributed by atoms with Crippen molar-refractivity contribution in [3.63, 3.8) is 0 Å². The van der Waals surface area contributed by atoms with Crippen molar-refractivity contribution in [3.8, 4) is 0 Å². The topological polar surface area (TPSA) is 45.7 Å². The first-order valence-corrected chi connectivity index (χ1v) is 7.01. The highest BCUT2D eigenvalue weighted by molar-refractivity contribution is 5.79. The van der Waals surface area contributed by atoms with Crippen molar-refractivity contribution in [2.24, 2.45) is 16.3 Å². The number of hydrogen-bond donors (Lipinski definition) is 2. The summed E-state index contributed by atoms with van der Waals surface area (Å²) in [6.45, 7) is 5.98. The van der Waals surface area contributed by atoms with E-state index in [9.17, 15) is 0 Å². The lowest BCUT2D eigenvalue weighted by Crippen LogP contribution is -2.46. The fourth-order valence-electron chi connectivity index (χ4n) is 2.43. The zero-order valence-electron chi connectivity index (χ0n) is 12.2. The quantitative estimate of drug-likeness (QED) is 0.560. The Morgan fingerprint density at radius 1 is 1.33 bits per heavy atom. The molecule has 18 heavy (non-hydrogen) atoms. The Morgan fingerprint density at radius 2 is 2.00 bits per heavy atom. The van der Waals surface area contributed by atoms with Gasteiger partial charge in [-0.25, -0.2) is 0 Å². The minimum Gasteiger partial charge on any atom is -0.377 e. The second kappa shape index (κ2) is 5.08. The average molecular weight is 253 g/mol. The molecule has 0 saturated heterocycles. The van der Waals surface area contributed by atoms with Crippen LogP contribution in [0.5, 0.6) is 0 Å². The molecule has 0 bridgehead atoms. The molecule has 0 aromatic heterocycles. The Kier molecular flexibility index (Phi) is 3.85. The van der Waals surface area contributed by atoms with Gasteiger partial charge in [-0.1, -0.05) is 0 Å². The zero-order chi connectivity index (χ0) is 13.2. The smallest absolute Gasteiger partial charge is 0.191 e. The second-order valence-electron chi connectivity index (χ2n) is 6.38.